The predicted molar refractivity (Wildman–Crippen MR) is 66.4 cm³/mol. The van der Waals surface area contributed by atoms with Crippen LogP contribution < -0.4 is 0 Å². The van der Waals surface area contributed by atoms with Crippen LogP contribution in [0.5, 0.6) is 0 Å². The molecule has 0 aliphatic carbocycles. The summed E-state index contributed by atoms with van der Waals surface area (Å²) in [5.74, 6) is 0. The first-order valence-corrected chi connectivity index (χ1v) is 6.65. The summed E-state index contributed by atoms with van der Waals surface area (Å²) in [5.41, 5.74) is 4.38. The summed E-state index contributed by atoms with van der Waals surface area (Å²) in [6.07, 6.45) is 6.17. The molecule has 1 aliphatic rings. The van der Waals surface area contributed by atoms with E-state index in [1.165, 1.54) is 9.13 Å². The average molecular weight is 297 g/mol. The van der Waals surface area contributed by atoms with Gasteiger partial charge in [0.15, 0.2) is 0 Å². The number of nitrogens with zero attached hydrogens (tertiary/aromatic N) is 2. The van der Waals surface area contributed by atoms with Gasteiger partial charge in [-0.3, -0.25) is 10.1 Å². The Balaban J connectivity index is 2.48. The van der Waals surface area contributed by atoms with Crippen molar-refractivity contribution in [2.24, 2.45) is 0 Å². The highest BCUT2D eigenvalue weighted by Gasteiger charge is 2.11. The Bertz CT molecular complexity index is 566. The molecule has 70 valence electrons. The summed E-state index contributed by atoms with van der Waals surface area (Å²) in [7, 11) is 0. The summed E-state index contributed by atoms with van der Waals surface area (Å²) in [6.45, 7) is 2.01. The molecular weight excluding hydrogens is 289 g/mol. The van der Waals surface area contributed by atoms with Gasteiger partial charge >= 0.3 is 0 Å². The quantitative estimate of drug-likeness (QED) is 0.758. The van der Waals surface area contributed by atoms with Crippen molar-refractivity contribution in [1.82, 2.24) is 15.2 Å². The molecule has 3 heterocycles. The Morgan fingerprint density at radius 1 is 1.36 bits per heavy atom. The smallest absolute Gasteiger partial charge is 0.124 e. The second-order valence-corrected chi connectivity index (χ2v) is 5.59. The number of aryl methyl sites for hydroxylation is 1. The lowest BCUT2D eigenvalue weighted by Crippen LogP contribution is -1.89. The molecule has 0 amide bonds. The number of hydrogen-bond acceptors (Lipinski definition) is 2. The predicted octanol–water partition coefficient (Wildman–Crippen LogP) is 2.24. The SMILES string of the molecule is Cc1[nH]nc2c3c(cnc12)C=CC=I3. The summed E-state index contributed by atoms with van der Waals surface area (Å²) in [4.78, 5) is 4.41. The monoisotopic (exact) mass is 297 g/mol. The van der Waals surface area contributed by atoms with E-state index in [1.807, 2.05) is 13.1 Å². The Kier molecular flexibility index (Phi) is 1.76. The van der Waals surface area contributed by atoms with Gasteiger partial charge in [0.25, 0.3) is 0 Å². The van der Waals surface area contributed by atoms with Crippen molar-refractivity contribution < 1.29 is 0 Å². The average Bonchev–Trinajstić information content (AvgIpc) is 2.61. The molecule has 0 unspecified atom stereocenters. The van der Waals surface area contributed by atoms with E-state index in [0.29, 0.717) is 0 Å². The van der Waals surface area contributed by atoms with Crippen LogP contribution in [-0.2, 0) is 0 Å². The molecule has 0 radical (unpaired) electrons. The zero-order chi connectivity index (χ0) is 9.54. The van der Waals surface area contributed by atoms with Crippen molar-refractivity contribution in [2.75, 3.05) is 0 Å². The van der Waals surface area contributed by atoms with E-state index in [0.717, 1.165) is 16.7 Å². The minimum absolute atomic E-state index is 0.0282. The Labute approximate surface area is 91.0 Å². The molecule has 0 atom stereocenters. The first kappa shape index (κ1) is 8.28. The minimum Gasteiger partial charge on any atom is -0.280 e. The molecule has 2 aromatic heterocycles. The summed E-state index contributed by atoms with van der Waals surface area (Å²) in [6, 6.07) is 0. The molecule has 1 N–H and O–H groups in total. The molecule has 0 bridgehead atoms. The van der Waals surface area contributed by atoms with Crippen molar-refractivity contribution >= 4 is 41.9 Å². The second-order valence-electron chi connectivity index (χ2n) is 3.17. The molecule has 0 spiro atoms. The van der Waals surface area contributed by atoms with Crippen LogP contribution in [0.25, 0.3) is 17.1 Å². The van der Waals surface area contributed by atoms with Gasteiger partial charge in [0.05, 0.1) is 5.69 Å². The second kappa shape index (κ2) is 2.98. The van der Waals surface area contributed by atoms with Crippen molar-refractivity contribution in [3.63, 3.8) is 0 Å². The number of rotatable bonds is 0. The Morgan fingerprint density at radius 2 is 2.29 bits per heavy atom. The van der Waals surface area contributed by atoms with Crippen LogP contribution in [0.2, 0.25) is 0 Å². The molecule has 0 aromatic carbocycles. The molecule has 0 saturated carbocycles. The maximum Gasteiger partial charge on any atom is 0.124 e. The first-order chi connectivity index (χ1) is 6.86. The number of fused-ring (bicyclic) bond motifs is 3. The Hall–Kier alpha value is -1.04. The van der Waals surface area contributed by atoms with Gasteiger partial charge in [0.1, 0.15) is 11.0 Å². The largest absolute Gasteiger partial charge is 0.280 e. The van der Waals surface area contributed by atoms with Crippen LogP contribution in [0.15, 0.2) is 12.3 Å². The van der Waals surface area contributed by atoms with Crippen LogP contribution in [0, 0.1) is 10.5 Å². The van der Waals surface area contributed by atoms with Crippen LogP contribution in [0.1, 0.15) is 11.3 Å². The van der Waals surface area contributed by atoms with Crippen molar-refractivity contribution in [3.8, 4) is 0 Å². The minimum atomic E-state index is -0.0282. The van der Waals surface area contributed by atoms with E-state index in [2.05, 4.69) is 31.3 Å². The van der Waals surface area contributed by atoms with E-state index in [9.17, 15) is 0 Å². The van der Waals surface area contributed by atoms with Gasteiger partial charge in [-0.25, -0.2) is 0 Å². The summed E-state index contributed by atoms with van der Waals surface area (Å²) < 4.78 is 3.64. The lowest BCUT2D eigenvalue weighted by molar-refractivity contribution is 1.07. The zero-order valence-electron chi connectivity index (χ0n) is 7.58. The van der Waals surface area contributed by atoms with Crippen molar-refractivity contribution in [2.45, 2.75) is 6.92 Å². The van der Waals surface area contributed by atoms with Crippen LogP contribution >= 0.6 is 20.7 Å². The van der Waals surface area contributed by atoms with Crippen molar-refractivity contribution in [3.05, 3.63) is 27.1 Å². The topological polar surface area (TPSA) is 41.6 Å². The fourth-order valence-electron chi connectivity index (χ4n) is 1.53. The number of halogens is 1. The third-order valence-electron chi connectivity index (χ3n) is 2.23. The van der Waals surface area contributed by atoms with Crippen LogP contribution in [-0.4, -0.2) is 19.2 Å². The lowest BCUT2D eigenvalue weighted by Gasteiger charge is -2.03. The number of aromatic amines is 1. The van der Waals surface area contributed by atoms with Gasteiger partial charge in [-0.1, -0.05) is 32.9 Å². The fourth-order valence-corrected chi connectivity index (χ4v) is 3.66. The van der Waals surface area contributed by atoms with Gasteiger partial charge in [-0.2, -0.15) is 5.10 Å². The number of aromatic nitrogens is 3. The molecule has 3 nitrogen and oxygen atoms in total. The number of hydrogen-bond donors (Lipinski definition) is 1. The summed E-state index contributed by atoms with van der Waals surface area (Å²) in [5, 5.41) is 7.31. The van der Waals surface area contributed by atoms with E-state index < -0.39 is 0 Å². The standard InChI is InChI=1S/C10H8IN3/c1-6-9-10(14-13-6)8-7(5-12-9)3-2-4-11-8/h2-5H,1H3,(H,13,14). The number of pyridine rings is 1. The van der Waals surface area contributed by atoms with Gasteiger partial charge in [-0.05, 0) is 10.9 Å². The van der Waals surface area contributed by atoms with Gasteiger partial charge in [0.2, 0.25) is 0 Å². The summed E-state index contributed by atoms with van der Waals surface area (Å²) >= 11 is -0.0282. The molecule has 4 heteroatoms. The van der Waals surface area contributed by atoms with E-state index >= 15 is 0 Å². The van der Waals surface area contributed by atoms with E-state index in [1.54, 1.807) is 0 Å². The van der Waals surface area contributed by atoms with E-state index in [-0.39, 0.29) is 20.7 Å². The maximum absolute atomic E-state index is 4.41. The molecular formula is C10H8IN3. The third-order valence-corrected chi connectivity index (χ3v) is 4.76. The molecule has 1 aliphatic heterocycles. The Morgan fingerprint density at radius 3 is 3.21 bits per heavy atom. The normalized spacial score (nSPS) is 14.1. The van der Waals surface area contributed by atoms with Gasteiger partial charge in [0, 0.05) is 15.3 Å². The molecule has 14 heavy (non-hydrogen) atoms. The number of nitrogens with one attached hydrogen (secondary N) is 1. The fraction of sp³-hybridized carbons (Fsp3) is 0.100. The molecule has 2 aromatic rings. The molecule has 0 fully saturated rings. The first-order valence-electron chi connectivity index (χ1n) is 4.33. The van der Waals surface area contributed by atoms with Crippen LogP contribution in [0.4, 0.5) is 0 Å². The third kappa shape index (κ3) is 1.06. The van der Waals surface area contributed by atoms with Gasteiger partial charge in [-0.15, -0.1) is 0 Å². The lowest BCUT2D eigenvalue weighted by atomic mass is 10.2. The number of H-pyrrole nitrogens is 1. The number of allylic oxidation sites excluding steroid dienone is 1. The van der Waals surface area contributed by atoms with Crippen molar-refractivity contribution in [1.29, 1.82) is 0 Å². The zero-order valence-corrected chi connectivity index (χ0v) is 9.74. The highest BCUT2D eigenvalue weighted by atomic mass is 127. The highest BCUT2D eigenvalue weighted by molar-refractivity contribution is 14.2. The van der Waals surface area contributed by atoms with E-state index in [4.69, 9.17) is 0 Å². The van der Waals surface area contributed by atoms with Crippen LogP contribution in [0.3, 0.4) is 0 Å². The molecule has 0 saturated heterocycles. The highest BCUT2D eigenvalue weighted by Crippen LogP contribution is 2.28. The molecule has 3 rings (SSSR count). The van der Waals surface area contributed by atoms with Gasteiger partial charge < -0.3 is 0 Å². The maximum atomic E-state index is 4.41.